The normalized spacial score (nSPS) is 25.1. The predicted octanol–water partition coefficient (Wildman–Crippen LogP) is 0.239. The van der Waals surface area contributed by atoms with E-state index in [0.29, 0.717) is 16.9 Å². The van der Waals surface area contributed by atoms with E-state index in [2.05, 4.69) is 0 Å². The first-order chi connectivity index (χ1) is 15.4. The Labute approximate surface area is 184 Å². The highest BCUT2D eigenvalue weighted by atomic mass is 16.7. The van der Waals surface area contributed by atoms with E-state index in [0.717, 1.165) is 0 Å². The van der Waals surface area contributed by atoms with Crippen molar-refractivity contribution in [2.24, 2.45) is 0 Å². The lowest BCUT2D eigenvalue weighted by Crippen LogP contribution is -2.60. The van der Waals surface area contributed by atoms with Gasteiger partial charge in [0, 0.05) is 0 Å². The summed E-state index contributed by atoms with van der Waals surface area (Å²) in [6.45, 7) is -0.595. The quantitative estimate of drug-likeness (QED) is 0.413. The summed E-state index contributed by atoms with van der Waals surface area (Å²) >= 11 is 0. The van der Waals surface area contributed by atoms with Crippen molar-refractivity contribution < 1.29 is 48.9 Å². The Morgan fingerprint density at radius 1 is 0.938 bits per heavy atom. The van der Waals surface area contributed by atoms with Gasteiger partial charge in [-0.05, 0) is 42.0 Å². The minimum Gasteiger partial charge on any atom is -0.497 e. The zero-order chi connectivity index (χ0) is 23.3. The summed E-state index contributed by atoms with van der Waals surface area (Å²) in [4.78, 5) is 12.2. The SMILES string of the molecule is COc1ccc(C(=O)OCc2ccc(O[C@@H]3O[C@H](CO)[C@@H](O)[C@H](O)[C@H]3O)c(OC)c2)cc1. The average molecular weight is 450 g/mol. The number of hydrogen-bond donors (Lipinski definition) is 4. The maximum atomic E-state index is 12.2. The number of aliphatic hydroxyl groups excluding tert-OH is 4. The van der Waals surface area contributed by atoms with Crippen molar-refractivity contribution in [2.45, 2.75) is 37.3 Å². The Kier molecular flexibility index (Phi) is 7.89. The van der Waals surface area contributed by atoms with Gasteiger partial charge in [0.25, 0.3) is 0 Å². The predicted molar refractivity (Wildman–Crippen MR) is 110 cm³/mol. The minimum atomic E-state index is -1.56. The molecule has 1 aliphatic rings. The summed E-state index contributed by atoms with van der Waals surface area (Å²) in [5.41, 5.74) is 0.991. The molecule has 32 heavy (non-hydrogen) atoms. The van der Waals surface area contributed by atoms with E-state index in [4.69, 9.17) is 23.7 Å². The van der Waals surface area contributed by atoms with Gasteiger partial charge in [-0.2, -0.15) is 0 Å². The number of ether oxygens (including phenoxy) is 5. The van der Waals surface area contributed by atoms with Crippen LogP contribution in [0.5, 0.6) is 17.2 Å². The Bertz CT molecular complexity index is 898. The van der Waals surface area contributed by atoms with Gasteiger partial charge in [-0.15, -0.1) is 0 Å². The molecular formula is C22H26O10. The standard InChI is InChI=1S/C22H26O10/c1-28-14-6-4-13(5-7-14)21(27)30-11-12-3-8-15(16(9-12)29-2)31-22-20(26)19(25)18(24)17(10-23)32-22/h3-9,17-20,22-26H,10-11H2,1-2H3/t17-,18-,19+,20-,22-/m1/s1. The largest absolute Gasteiger partial charge is 0.497 e. The summed E-state index contributed by atoms with van der Waals surface area (Å²) < 4.78 is 26.6. The van der Waals surface area contributed by atoms with Gasteiger partial charge in [-0.1, -0.05) is 6.07 Å². The fraction of sp³-hybridized carbons (Fsp3) is 0.409. The third-order valence-corrected chi connectivity index (χ3v) is 5.02. The van der Waals surface area contributed by atoms with E-state index in [1.165, 1.54) is 20.3 Å². The highest BCUT2D eigenvalue weighted by molar-refractivity contribution is 5.89. The fourth-order valence-corrected chi connectivity index (χ4v) is 3.15. The molecule has 1 aliphatic heterocycles. The number of rotatable bonds is 8. The number of carbonyl (C=O) groups is 1. The van der Waals surface area contributed by atoms with E-state index in [9.17, 15) is 25.2 Å². The van der Waals surface area contributed by atoms with Crippen molar-refractivity contribution in [3.63, 3.8) is 0 Å². The lowest BCUT2D eigenvalue weighted by atomic mass is 9.99. The summed E-state index contributed by atoms with van der Waals surface area (Å²) in [5, 5.41) is 39.2. The van der Waals surface area contributed by atoms with Crippen molar-refractivity contribution in [3.8, 4) is 17.2 Å². The number of methoxy groups -OCH3 is 2. The van der Waals surface area contributed by atoms with Crippen molar-refractivity contribution >= 4 is 5.97 Å². The van der Waals surface area contributed by atoms with Crippen molar-refractivity contribution in [2.75, 3.05) is 20.8 Å². The lowest BCUT2D eigenvalue weighted by Gasteiger charge is -2.39. The smallest absolute Gasteiger partial charge is 0.338 e. The zero-order valence-electron chi connectivity index (χ0n) is 17.6. The molecule has 3 rings (SSSR count). The molecule has 10 nitrogen and oxygen atoms in total. The molecule has 0 saturated carbocycles. The molecule has 1 fully saturated rings. The summed E-state index contributed by atoms with van der Waals surface area (Å²) in [5.74, 6) is 0.566. The van der Waals surface area contributed by atoms with Crippen LogP contribution in [0.1, 0.15) is 15.9 Å². The maximum Gasteiger partial charge on any atom is 0.338 e. The molecule has 0 bridgehead atoms. The highest BCUT2D eigenvalue weighted by Gasteiger charge is 2.44. The maximum absolute atomic E-state index is 12.2. The first-order valence-electron chi connectivity index (χ1n) is 9.83. The van der Waals surface area contributed by atoms with Crippen LogP contribution >= 0.6 is 0 Å². The van der Waals surface area contributed by atoms with Gasteiger partial charge in [0.15, 0.2) is 11.5 Å². The number of esters is 1. The molecule has 0 radical (unpaired) electrons. The van der Waals surface area contributed by atoms with Crippen LogP contribution in [0.25, 0.3) is 0 Å². The molecule has 4 N–H and O–H groups in total. The van der Waals surface area contributed by atoms with Crippen LogP contribution in [-0.2, 0) is 16.1 Å². The van der Waals surface area contributed by atoms with Crippen molar-refractivity contribution in [1.82, 2.24) is 0 Å². The molecule has 0 unspecified atom stereocenters. The lowest BCUT2D eigenvalue weighted by molar-refractivity contribution is -0.277. The minimum absolute atomic E-state index is 0.0262. The van der Waals surface area contributed by atoms with E-state index in [1.54, 1.807) is 36.4 Å². The number of hydrogen-bond acceptors (Lipinski definition) is 10. The van der Waals surface area contributed by atoms with E-state index in [1.807, 2.05) is 0 Å². The van der Waals surface area contributed by atoms with Gasteiger partial charge in [0.1, 0.15) is 36.8 Å². The molecule has 10 heteroatoms. The summed E-state index contributed by atoms with van der Waals surface area (Å²) in [7, 11) is 2.94. The van der Waals surface area contributed by atoms with E-state index < -0.39 is 43.3 Å². The second-order valence-electron chi connectivity index (χ2n) is 7.10. The monoisotopic (exact) mass is 450 g/mol. The molecule has 2 aromatic carbocycles. The van der Waals surface area contributed by atoms with Crippen LogP contribution in [-0.4, -0.2) is 77.9 Å². The third kappa shape index (κ3) is 5.29. The molecule has 0 aromatic heterocycles. The Morgan fingerprint density at radius 2 is 1.66 bits per heavy atom. The van der Waals surface area contributed by atoms with Crippen molar-refractivity contribution in [3.05, 3.63) is 53.6 Å². The number of benzene rings is 2. The van der Waals surface area contributed by atoms with Crippen LogP contribution in [0.4, 0.5) is 0 Å². The molecule has 0 spiro atoms. The molecule has 2 aromatic rings. The topological polar surface area (TPSA) is 144 Å². The molecule has 1 saturated heterocycles. The van der Waals surface area contributed by atoms with Crippen LogP contribution in [0.3, 0.4) is 0 Å². The molecule has 1 heterocycles. The second kappa shape index (κ2) is 10.6. The zero-order valence-corrected chi connectivity index (χ0v) is 17.6. The number of aliphatic hydroxyl groups is 4. The summed E-state index contributed by atoms with van der Waals surface area (Å²) in [6.07, 6.45) is -7.05. The number of carbonyl (C=O) groups excluding carboxylic acids is 1. The molecular weight excluding hydrogens is 424 g/mol. The molecule has 0 amide bonds. The van der Waals surface area contributed by atoms with Crippen LogP contribution in [0.2, 0.25) is 0 Å². The van der Waals surface area contributed by atoms with Gasteiger partial charge in [-0.3, -0.25) is 0 Å². The van der Waals surface area contributed by atoms with Gasteiger partial charge in [0.2, 0.25) is 6.29 Å². The van der Waals surface area contributed by atoms with Gasteiger partial charge in [-0.25, -0.2) is 4.79 Å². The van der Waals surface area contributed by atoms with E-state index in [-0.39, 0.29) is 18.1 Å². The van der Waals surface area contributed by atoms with Crippen LogP contribution < -0.4 is 14.2 Å². The summed E-state index contributed by atoms with van der Waals surface area (Å²) in [6, 6.07) is 11.2. The van der Waals surface area contributed by atoms with Crippen molar-refractivity contribution in [1.29, 1.82) is 0 Å². The Hall–Kier alpha value is -2.89. The van der Waals surface area contributed by atoms with Gasteiger partial charge < -0.3 is 44.1 Å². The third-order valence-electron chi connectivity index (χ3n) is 5.02. The Balaban J connectivity index is 1.65. The Morgan fingerprint density at radius 3 is 2.28 bits per heavy atom. The first kappa shape index (κ1) is 23.8. The van der Waals surface area contributed by atoms with E-state index >= 15 is 0 Å². The first-order valence-corrected chi connectivity index (χ1v) is 9.83. The molecule has 174 valence electrons. The van der Waals surface area contributed by atoms with Crippen LogP contribution in [0, 0.1) is 0 Å². The average Bonchev–Trinajstić information content (AvgIpc) is 2.83. The highest BCUT2D eigenvalue weighted by Crippen LogP contribution is 2.32. The van der Waals surface area contributed by atoms with Crippen LogP contribution in [0.15, 0.2) is 42.5 Å². The second-order valence-corrected chi connectivity index (χ2v) is 7.10. The van der Waals surface area contributed by atoms with Gasteiger partial charge in [0.05, 0.1) is 26.4 Å². The molecule has 0 aliphatic carbocycles. The van der Waals surface area contributed by atoms with Gasteiger partial charge >= 0.3 is 5.97 Å². The molecule has 5 atom stereocenters. The fourth-order valence-electron chi connectivity index (χ4n) is 3.15.